The van der Waals surface area contributed by atoms with E-state index >= 15 is 0 Å². The minimum atomic E-state index is -0.351. The topological polar surface area (TPSA) is 59.8 Å². The molecule has 3 aromatic rings. The maximum absolute atomic E-state index is 13.0. The number of nitrogens with zero attached hydrogens (tertiary/aromatic N) is 3. The molecule has 7 heteroatoms. The molecule has 1 aromatic carbocycles. The van der Waals surface area contributed by atoms with Crippen molar-refractivity contribution >= 4 is 23.2 Å². The van der Waals surface area contributed by atoms with Gasteiger partial charge in [-0.1, -0.05) is 23.7 Å². The Balaban J connectivity index is 1.83. The van der Waals surface area contributed by atoms with Crippen LogP contribution in [-0.2, 0) is 6.54 Å². The normalized spacial score (nSPS) is 10.6. The Morgan fingerprint density at radius 2 is 2.04 bits per heavy atom. The van der Waals surface area contributed by atoms with Crippen LogP contribution in [0.4, 0.5) is 10.1 Å². The van der Waals surface area contributed by atoms with Crippen molar-refractivity contribution in [3.63, 3.8) is 0 Å². The summed E-state index contributed by atoms with van der Waals surface area (Å²) >= 11 is 6.32. The molecule has 0 spiro atoms. The number of aromatic nitrogens is 3. The number of carbonyl (C=O) groups is 1. The lowest BCUT2D eigenvalue weighted by Gasteiger charge is -2.05. The smallest absolute Gasteiger partial charge is 0.260 e. The first-order valence-electron chi connectivity index (χ1n) is 7.23. The van der Waals surface area contributed by atoms with Crippen LogP contribution in [-0.4, -0.2) is 20.7 Å². The molecule has 5 nitrogen and oxygen atoms in total. The van der Waals surface area contributed by atoms with Gasteiger partial charge in [-0.05, 0) is 36.8 Å². The molecule has 0 saturated carbocycles. The zero-order chi connectivity index (χ0) is 17.1. The van der Waals surface area contributed by atoms with E-state index in [1.165, 1.54) is 16.8 Å². The second kappa shape index (κ2) is 6.80. The van der Waals surface area contributed by atoms with Gasteiger partial charge >= 0.3 is 0 Å². The summed E-state index contributed by atoms with van der Waals surface area (Å²) in [6, 6.07) is 9.50. The van der Waals surface area contributed by atoms with Gasteiger partial charge in [0.25, 0.3) is 5.91 Å². The van der Waals surface area contributed by atoms with Crippen LogP contribution in [0.2, 0.25) is 5.15 Å². The van der Waals surface area contributed by atoms with E-state index in [9.17, 15) is 9.18 Å². The Kier molecular flexibility index (Phi) is 4.57. The Labute approximate surface area is 143 Å². The zero-order valence-corrected chi connectivity index (χ0v) is 13.6. The van der Waals surface area contributed by atoms with Crippen molar-refractivity contribution in [1.29, 1.82) is 0 Å². The van der Waals surface area contributed by atoms with Crippen LogP contribution in [0.3, 0.4) is 0 Å². The van der Waals surface area contributed by atoms with E-state index in [4.69, 9.17) is 11.6 Å². The summed E-state index contributed by atoms with van der Waals surface area (Å²) in [7, 11) is 0. The van der Waals surface area contributed by atoms with Gasteiger partial charge < -0.3 is 5.32 Å². The number of benzene rings is 1. The standard InChI is InChI=1S/C17H14ClFN4O/c1-11-15(17(24)21-14-3-2-8-20-9-14)16(18)23(22-11)10-12-4-6-13(19)7-5-12/h2-9H,10H2,1H3,(H,21,24). The number of halogens is 2. The van der Waals surface area contributed by atoms with Crippen molar-refractivity contribution < 1.29 is 9.18 Å². The van der Waals surface area contributed by atoms with Gasteiger partial charge in [0.15, 0.2) is 0 Å². The van der Waals surface area contributed by atoms with Crippen LogP contribution in [0.15, 0.2) is 48.8 Å². The van der Waals surface area contributed by atoms with E-state index < -0.39 is 0 Å². The predicted octanol–water partition coefficient (Wildman–Crippen LogP) is 3.68. The van der Waals surface area contributed by atoms with Crippen molar-refractivity contribution in [2.75, 3.05) is 5.32 Å². The number of hydrogen-bond acceptors (Lipinski definition) is 3. The fourth-order valence-corrected chi connectivity index (χ4v) is 2.63. The van der Waals surface area contributed by atoms with Crippen LogP contribution in [0.1, 0.15) is 21.6 Å². The average molecular weight is 345 g/mol. The summed E-state index contributed by atoms with van der Waals surface area (Å²) in [5.74, 6) is -0.658. The molecule has 0 bridgehead atoms. The first-order chi connectivity index (χ1) is 11.5. The number of pyridine rings is 1. The highest BCUT2D eigenvalue weighted by molar-refractivity contribution is 6.33. The van der Waals surface area contributed by atoms with Crippen LogP contribution in [0.5, 0.6) is 0 Å². The molecule has 0 aliphatic heterocycles. The summed E-state index contributed by atoms with van der Waals surface area (Å²) in [6.07, 6.45) is 3.17. The average Bonchev–Trinajstić information content (AvgIpc) is 2.84. The van der Waals surface area contributed by atoms with Gasteiger partial charge in [-0.2, -0.15) is 5.10 Å². The Morgan fingerprint density at radius 1 is 1.29 bits per heavy atom. The maximum Gasteiger partial charge on any atom is 0.260 e. The lowest BCUT2D eigenvalue weighted by Crippen LogP contribution is -2.13. The zero-order valence-electron chi connectivity index (χ0n) is 12.8. The number of aryl methyl sites for hydroxylation is 1. The van der Waals surface area contributed by atoms with E-state index in [-0.39, 0.29) is 16.9 Å². The van der Waals surface area contributed by atoms with Gasteiger partial charge in [-0.15, -0.1) is 0 Å². The third-order valence-corrected chi connectivity index (χ3v) is 3.84. The van der Waals surface area contributed by atoms with Crippen molar-refractivity contribution in [3.05, 3.63) is 76.6 Å². The van der Waals surface area contributed by atoms with Crippen LogP contribution < -0.4 is 5.32 Å². The molecule has 0 aliphatic carbocycles. The first kappa shape index (κ1) is 16.1. The van der Waals surface area contributed by atoms with E-state index in [1.54, 1.807) is 43.6 Å². The molecular formula is C17H14ClFN4O. The summed E-state index contributed by atoms with van der Waals surface area (Å²) in [4.78, 5) is 16.4. The van der Waals surface area contributed by atoms with Crippen molar-refractivity contribution in [3.8, 4) is 0 Å². The van der Waals surface area contributed by atoms with Crippen molar-refractivity contribution in [1.82, 2.24) is 14.8 Å². The summed E-state index contributed by atoms with van der Waals surface area (Å²) in [5.41, 5.74) is 2.23. The SMILES string of the molecule is Cc1nn(Cc2ccc(F)cc2)c(Cl)c1C(=O)Nc1cccnc1. The van der Waals surface area contributed by atoms with Gasteiger partial charge in [-0.25, -0.2) is 9.07 Å². The molecule has 1 N–H and O–H groups in total. The minimum absolute atomic E-state index is 0.234. The number of anilines is 1. The van der Waals surface area contributed by atoms with Crippen LogP contribution in [0, 0.1) is 12.7 Å². The fraction of sp³-hybridized carbons (Fsp3) is 0.118. The van der Waals surface area contributed by atoms with Crippen LogP contribution >= 0.6 is 11.6 Å². The highest BCUT2D eigenvalue weighted by Crippen LogP contribution is 2.22. The molecule has 122 valence electrons. The molecule has 2 heterocycles. The quantitative estimate of drug-likeness (QED) is 0.785. The van der Waals surface area contributed by atoms with Crippen LogP contribution in [0.25, 0.3) is 0 Å². The number of rotatable bonds is 4. The van der Waals surface area contributed by atoms with Crippen molar-refractivity contribution in [2.45, 2.75) is 13.5 Å². The Bertz CT molecular complexity index is 862. The first-order valence-corrected chi connectivity index (χ1v) is 7.61. The van der Waals surface area contributed by atoms with E-state index in [0.29, 0.717) is 23.5 Å². The molecule has 0 radical (unpaired) electrons. The molecule has 0 aliphatic rings. The third kappa shape index (κ3) is 3.44. The lowest BCUT2D eigenvalue weighted by atomic mass is 10.2. The molecule has 3 rings (SSSR count). The molecule has 0 saturated heterocycles. The minimum Gasteiger partial charge on any atom is -0.320 e. The number of hydrogen-bond donors (Lipinski definition) is 1. The van der Waals surface area contributed by atoms with Gasteiger partial charge in [0.2, 0.25) is 0 Å². The second-order valence-electron chi connectivity index (χ2n) is 5.23. The summed E-state index contributed by atoms with van der Waals surface area (Å²) in [6.45, 7) is 2.06. The van der Waals surface area contributed by atoms with E-state index in [2.05, 4.69) is 15.4 Å². The highest BCUT2D eigenvalue weighted by atomic mass is 35.5. The van der Waals surface area contributed by atoms with Gasteiger partial charge in [0.1, 0.15) is 11.0 Å². The van der Waals surface area contributed by atoms with E-state index in [1.807, 2.05) is 0 Å². The molecule has 2 aromatic heterocycles. The molecule has 0 unspecified atom stereocenters. The maximum atomic E-state index is 13.0. The number of nitrogens with one attached hydrogen (secondary N) is 1. The highest BCUT2D eigenvalue weighted by Gasteiger charge is 2.20. The molecule has 24 heavy (non-hydrogen) atoms. The predicted molar refractivity (Wildman–Crippen MR) is 89.7 cm³/mol. The van der Waals surface area contributed by atoms with Crippen molar-refractivity contribution in [2.24, 2.45) is 0 Å². The second-order valence-corrected chi connectivity index (χ2v) is 5.59. The van der Waals surface area contributed by atoms with Gasteiger partial charge in [0.05, 0.1) is 29.7 Å². The number of amides is 1. The van der Waals surface area contributed by atoms with Gasteiger partial charge in [0, 0.05) is 6.20 Å². The Morgan fingerprint density at radius 3 is 2.71 bits per heavy atom. The fourth-order valence-electron chi connectivity index (χ4n) is 2.31. The third-order valence-electron chi connectivity index (χ3n) is 3.46. The van der Waals surface area contributed by atoms with E-state index in [0.717, 1.165) is 5.56 Å². The molecular weight excluding hydrogens is 331 g/mol. The molecule has 0 atom stereocenters. The summed E-state index contributed by atoms with van der Waals surface area (Å²) in [5, 5.41) is 7.28. The Hall–Kier alpha value is -2.73. The van der Waals surface area contributed by atoms with Gasteiger partial charge in [-0.3, -0.25) is 9.78 Å². The molecule has 1 amide bonds. The lowest BCUT2D eigenvalue weighted by molar-refractivity contribution is 0.102. The summed E-state index contributed by atoms with van der Waals surface area (Å²) < 4.78 is 14.5. The number of carbonyl (C=O) groups excluding carboxylic acids is 1. The monoisotopic (exact) mass is 344 g/mol. The molecule has 0 fully saturated rings. The largest absolute Gasteiger partial charge is 0.320 e.